The maximum atomic E-state index is 9.77. The van der Waals surface area contributed by atoms with E-state index >= 15 is 0 Å². The van der Waals surface area contributed by atoms with Crippen LogP contribution >= 0.6 is 0 Å². The molecule has 1 unspecified atom stereocenters. The zero-order valence-corrected chi connectivity index (χ0v) is 20.2. The van der Waals surface area contributed by atoms with E-state index in [1.807, 2.05) is 4.57 Å². The van der Waals surface area contributed by atoms with Crippen LogP contribution in [0.5, 0.6) is 11.8 Å². The van der Waals surface area contributed by atoms with E-state index in [4.69, 9.17) is 15.2 Å². The number of aromatic nitrogens is 3. The topological polar surface area (TPSA) is 114 Å². The van der Waals surface area contributed by atoms with E-state index in [1.54, 1.807) is 13.2 Å². The van der Waals surface area contributed by atoms with Crippen molar-refractivity contribution >= 4 is 16.9 Å². The zero-order chi connectivity index (χ0) is 24.1. The number of unbranched alkanes of at least 4 members (excludes halogenated alkanes) is 1. The van der Waals surface area contributed by atoms with E-state index in [2.05, 4.69) is 58.3 Å². The number of methoxy groups -OCH3 is 1. The molecule has 0 radical (unpaired) electrons. The molecule has 3 N–H and O–H groups in total. The molecule has 3 heterocycles. The summed E-state index contributed by atoms with van der Waals surface area (Å²) < 4.78 is 13.3. The van der Waals surface area contributed by atoms with Crippen molar-refractivity contribution in [1.29, 1.82) is 5.26 Å². The van der Waals surface area contributed by atoms with Crippen LogP contribution in [0.3, 0.4) is 0 Å². The molecule has 2 aromatic heterocycles. The molecule has 0 spiro atoms. The number of piperazine rings is 1. The van der Waals surface area contributed by atoms with Gasteiger partial charge >= 0.3 is 6.01 Å². The number of anilines is 1. The van der Waals surface area contributed by atoms with Crippen molar-refractivity contribution in [2.45, 2.75) is 45.8 Å². The van der Waals surface area contributed by atoms with Gasteiger partial charge in [0.05, 0.1) is 25.6 Å². The van der Waals surface area contributed by atoms with Crippen molar-refractivity contribution in [3.8, 4) is 17.8 Å². The Hall–Kier alpha value is -3.35. The van der Waals surface area contributed by atoms with Crippen LogP contribution in [0.15, 0.2) is 24.3 Å². The van der Waals surface area contributed by atoms with Gasteiger partial charge in [0, 0.05) is 37.8 Å². The lowest BCUT2D eigenvalue weighted by molar-refractivity contribution is 0.199. The fourth-order valence-electron chi connectivity index (χ4n) is 4.35. The third kappa shape index (κ3) is 5.24. The van der Waals surface area contributed by atoms with Crippen LogP contribution in [0, 0.1) is 11.3 Å². The van der Waals surface area contributed by atoms with E-state index in [0.717, 1.165) is 50.3 Å². The van der Waals surface area contributed by atoms with Gasteiger partial charge in [-0.15, -0.1) is 0 Å². The quantitative estimate of drug-likeness (QED) is 0.466. The molecule has 4 rings (SSSR count). The van der Waals surface area contributed by atoms with Crippen LogP contribution in [-0.4, -0.2) is 58.8 Å². The maximum absolute atomic E-state index is 9.77. The highest BCUT2D eigenvalue weighted by molar-refractivity contribution is 5.88. The van der Waals surface area contributed by atoms with Crippen molar-refractivity contribution in [3.63, 3.8) is 0 Å². The lowest BCUT2D eigenvalue weighted by Gasteiger charge is -2.31. The summed E-state index contributed by atoms with van der Waals surface area (Å²) in [5, 5.41) is 13.9. The number of nitrogens with two attached hydrogens (primary N) is 1. The normalized spacial score (nSPS) is 16.5. The average Bonchev–Trinajstić information content (AvgIpc) is 3.18. The monoisotopic (exact) mass is 463 g/mol. The second-order valence-corrected chi connectivity index (χ2v) is 8.79. The van der Waals surface area contributed by atoms with Gasteiger partial charge in [0.25, 0.3) is 0 Å². The molecule has 0 bridgehead atoms. The van der Waals surface area contributed by atoms with Gasteiger partial charge in [0.2, 0.25) is 0 Å². The predicted octanol–water partition coefficient (Wildman–Crippen LogP) is 2.91. The number of hydrogen-bond acceptors (Lipinski definition) is 8. The van der Waals surface area contributed by atoms with Gasteiger partial charge in [0.1, 0.15) is 23.3 Å². The molecule has 0 aliphatic carbocycles. The Morgan fingerprint density at radius 2 is 2.12 bits per heavy atom. The van der Waals surface area contributed by atoms with Gasteiger partial charge in [-0.1, -0.05) is 25.5 Å². The lowest BCUT2D eigenvalue weighted by atomic mass is 10.1. The van der Waals surface area contributed by atoms with E-state index < -0.39 is 0 Å². The van der Waals surface area contributed by atoms with Crippen molar-refractivity contribution in [1.82, 2.24) is 24.8 Å². The summed E-state index contributed by atoms with van der Waals surface area (Å²) in [6.45, 7) is 9.17. The molecule has 1 aromatic carbocycles. The Labute approximate surface area is 200 Å². The predicted molar refractivity (Wildman–Crippen MR) is 132 cm³/mol. The molecule has 180 valence electrons. The van der Waals surface area contributed by atoms with Gasteiger partial charge < -0.3 is 25.1 Å². The highest BCUT2D eigenvalue weighted by atomic mass is 16.5. The van der Waals surface area contributed by atoms with Crippen molar-refractivity contribution < 1.29 is 9.47 Å². The van der Waals surface area contributed by atoms with Crippen LogP contribution in [0.2, 0.25) is 0 Å². The number of hydrogen-bond donors (Lipinski definition) is 2. The summed E-state index contributed by atoms with van der Waals surface area (Å²) in [6.07, 6.45) is 1.91. The number of benzene rings is 1. The molecule has 1 aliphatic rings. The summed E-state index contributed by atoms with van der Waals surface area (Å²) in [4.78, 5) is 11.3. The summed E-state index contributed by atoms with van der Waals surface area (Å²) in [5.41, 5.74) is 9.38. The molecule has 1 aliphatic heterocycles. The number of fused-ring (bicyclic) bond motifs is 1. The first-order valence-electron chi connectivity index (χ1n) is 11.8. The summed E-state index contributed by atoms with van der Waals surface area (Å²) in [7, 11) is 1.67. The minimum atomic E-state index is 0.231. The molecule has 3 aromatic rings. The van der Waals surface area contributed by atoms with Gasteiger partial charge in [0.15, 0.2) is 5.65 Å². The molecule has 0 amide bonds. The molecule has 9 nitrogen and oxygen atoms in total. The standard InChI is InChI=1S/C25H33N7O2/c1-4-5-10-34-25-29-23(27)21-12-20(13-26)32(24(21)30-25)16-19-7-6-18(11-22(19)33-3)15-31-9-8-28-17(2)14-31/h6-7,11-12,17,28H,4-5,8-10,14-16H2,1-3H3,(H2,27,29,30). The first-order chi connectivity index (χ1) is 16.5. The molecular weight excluding hydrogens is 430 g/mol. The van der Waals surface area contributed by atoms with Crippen LogP contribution in [0.1, 0.15) is 43.5 Å². The molecule has 0 saturated carbocycles. The summed E-state index contributed by atoms with van der Waals surface area (Å²) in [6, 6.07) is 11.0. The summed E-state index contributed by atoms with van der Waals surface area (Å²) in [5.74, 6) is 1.09. The minimum Gasteiger partial charge on any atom is -0.496 e. The van der Waals surface area contributed by atoms with Gasteiger partial charge in [-0.25, -0.2) is 0 Å². The third-order valence-corrected chi connectivity index (χ3v) is 6.14. The number of rotatable bonds is 9. The van der Waals surface area contributed by atoms with E-state index in [9.17, 15) is 5.26 Å². The second kappa shape index (κ2) is 10.7. The van der Waals surface area contributed by atoms with Crippen molar-refractivity contribution in [2.24, 2.45) is 0 Å². The van der Waals surface area contributed by atoms with Crippen LogP contribution < -0.4 is 20.5 Å². The fraction of sp³-hybridized carbons (Fsp3) is 0.480. The lowest BCUT2D eigenvalue weighted by Crippen LogP contribution is -2.48. The van der Waals surface area contributed by atoms with Gasteiger partial charge in [-0.3, -0.25) is 4.90 Å². The van der Waals surface area contributed by atoms with Gasteiger partial charge in [-0.05, 0) is 31.0 Å². The van der Waals surface area contributed by atoms with Gasteiger partial charge in [-0.2, -0.15) is 15.2 Å². The number of nitrogens with one attached hydrogen (secondary N) is 1. The molecule has 1 saturated heterocycles. The molecule has 9 heteroatoms. The number of ether oxygens (including phenoxy) is 2. The molecular formula is C25H33N7O2. The van der Waals surface area contributed by atoms with E-state index in [-0.39, 0.29) is 6.01 Å². The van der Waals surface area contributed by atoms with Crippen molar-refractivity contribution in [3.05, 3.63) is 41.1 Å². The average molecular weight is 464 g/mol. The molecule has 1 fully saturated rings. The molecule has 1 atom stereocenters. The Balaban J connectivity index is 1.62. The van der Waals surface area contributed by atoms with Crippen LogP contribution in [-0.2, 0) is 13.1 Å². The Kier molecular flexibility index (Phi) is 7.50. The number of nitriles is 1. The first-order valence-corrected chi connectivity index (χ1v) is 11.8. The van der Waals surface area contributed by atoms with Crippen molar-refractivity contribution in [2.75, 3.05) is 39.1 Å². The first kappa shape index (κ1) is 23.8. The largest absolute Gasteiger partial charge is 0.496 e. The fourth-order valence-corrected chi connectivity index (χ4v) is 4.35. The Bertz CT molecular complexity index is 1180. The minimum absolute atomic E-state index is 0.231. The Morgan fingerprint density at radius 3 is 2.85 bits per heavy atom. The maximum Gasteiger partial charge on any atom is 0.320 e. The van der Waals surface area contributed by atoms with E-state index in [0.29, 0.717) is 41.7 Å². The number of nitrogens with zero attached hydrogens (tertiary/aromatic N) is 5. The van der Waals surface area contributed by atoms with Crippen LogP contribution in [0.25, 0.3) is 11.0 Å². The molecule has 34 heavy (non-hydrogen) atoms. The second-order valence-electron chi connectivity index (χ2n) is 8.79. The van der Waals surface area contributed by atoms with Crippen LogP contribution in [0.4, 0.5) is 5.82 Å². The SMILES string of the molecule is CCCCOc1nc(N)c2cc(C#N)n(Cc3ccc(CN4CCNC(C)C4)cc3OC)c2n1. The van der Waals surface area contributed by atoms with E-state index in [1.165, 1.54) is 5.56 Å². The zero-order valence-electron chi connectivity index (χ0n) is 20.2. The third-order valence-electron chi connectivity index (χ3n) is 6.14. The highest BCUT2D eigenvalue weighted by Crippen LogP contribution is 2.28. The number of nitrogen functional groups attached to an aromatic ring is 1. The highest BCUT2D eigenvalue weighted by Gasteiger charge is 2.19. The Morgan fingerprint density at radius 1 is 1.26 bits per heavy atom. The smallest absolute Gasteiger partial charge is 0.320 e. The summed E-state index contributed by atoms with van der Waals surface area (Å²) >= 11 is 0.